The van der Waals surface area contributed by atoms with Gasteiger partial charge in [0.15, 0.2) is 11.5 Å². The van der Waals surface area contributed by atoms with Crippen molar-refractivity contribution in [1.29, 1.82) is 0 Å². The van der Waals surface area contributed by atoms with Crippen LogP contribution in [-0.4, -0.2) is 35.1 Å². The van der Waals surface area contributed by atoms with E-state index < -0.39 is 23.7 Å². The maximum absolute atomic E-state index is 13.5. The van der Waals surface area contributed by atoms with Gasteiger partial charge in [-0.1, -0.05) is 12.1 Å². The van der Waals surface area contributed by atoms with Crippen molar-refractivity contribution < 1.29 is 27.4 Å². The summed E-state index contributed by atoms with van der Waals surface area (Å²) in [6.45, 7) is 3.23. The second kappa shape index (κ2) is 7.62. The van der Waals surface area contributed by atoms with E-state index in [0.717, 1.165) is 17.3 Å². The highest BCUT2D eigenvalue weighted by Crippen LogP contribution is 2.39. The third-order valence-electron chi connectivity index (χ3n) is 5.97. The summed E-state index contributed by atoms with van der Waals surface area (Å²) in [5.74, 6) is 0.791. The number of nitrogens with zero attached hydrogens (tertiary/aromatic N) is 2. The van der Waals surface area contributed by atoms with E-state index in [1.165, 1.54) is 19.1 Å². The Morgan fingerprint density at radius 1 is 1.00 bits per heavy atom. The Labute approximate surface area is 183 Å². The van der Waals surface area contributed by atoms with Gasteiger partial charge < -0.3 is 18.9 Å². The minimum absolute atomic E-state index is 0.0190. The van der Waals surface area contributed by atoms with Crippen molar-refractivity contribution in [2.75, 3.05) is 19.8 Å². The molecule has 0 radical (unpaired) electrons. The summed E-state index contributed by atoms with van der Waals surface area (Å²) >= 11 is 0. The molecule has 32 heavy (non-hydrogen) atoms. The normalized spacial score (nSPS) is 17.8. The van der Waals surface area contributed by atoms with Crippen LogP contribution in [0.5, 0.6) is 11.5 Å². The van der Waals surface area contributed by atoms with Crippen LogP contribution in [0.25, 0.3) is 0 Å². The number of fused-ring (bicyclic) bond motifs is 2. The van der Waals surface area contributed by atoms with Crippen molar-refractivity contribution >= 4 is 5.91 Å². The van der Waals surface area contributed by atoms with Gasteiger partial charge in [0, 0.05) is 30.5 Å². The number of amides is 1. The van der Waals surface area contributed by atoms with Gasteiger partial charge in [-0.25, -0.2) is 0 Å². The molecule has 0 spiro atoms. The van der Waals surface area contributed by atoms with Gasteiger partial charge in [0.25, 0.3) is 5.91 Å². The lowest BCUT2D eigenvalue weighted by Gasteiger charge is -2.38. The molecule has 2 aliphatic heterocycles. The summed E-state index contributed by atoms with van der Waals surface area (Å²) in [5, 5.41) is 0. The van der Waals surface area contributed by atoms with Gasteiger partial charge in [0.2, 0.25) is 0 Å². The van der Waals surface area contributed by atoms with Crippen LogP contribution in [0, 0.1) is 6.92 Å². The van der Waals surface area contributed by atoms with Gasteiger partial charge >= 0.3 is 6.18 Å². The molecule has 0 bridgehead atoms. The van der Waals surface area contributed by atoms with Crippen LogP contribution in [0.1, 0.15) is 38.8 Å². The second-order valence-electron chi connectivity index (χ2n) is 7.96. The first-order valence-corrected chi connectivity index (χ1v) is 10.4. The average Bonchev–Trinajstić information content (AvgIpc) is 3.26. The average molecular weight is 442 g/mol. The molecule has 0 N–H and O–H groups in total. The highest BCUT2D eigenvalue weighted by atomic mass is 19.4. The Balaban J connectivity index is 1.57. The van der Waals surface area contributed by atoms with Crippen molar-refractivity contribution in [2.45, 2.75) is 25.7 Å². The summed E-state index contributed by atoms with van der Waals surface area (Å²) in [5.41, 5.74) is 1.02. The number of carbonyl (C=O) groups is 1. The van der Waals surface area contributed by atoms with Gasteiger partial charge in [-0.3, -0.25) is 4.79 Å². The lowest BCUT2D eigenvalue weighted by Crippen LogP contribution is -2.42. The van der Waals surface area contributed by atoms with Crippen molar-refractivity contribution in [1.82, 2.24) is 9.47 Å². The third-order valence-corrected chi connectivity index (χ3v) is 5.97. The van der Waals surface area contributed by atoms with E-state index in [1.54, 1.807) is 4.90 Å². The number of benzene rings is 2. The zero-order valence-electron chi connectivity index (χ0n) is 17.4. The van der Waals surface area contributed by atoms with Crippen LogP contribution >= 0.6 is 0 Å². The molecule has 0 saturated heterocycles. The second-order valence-corrected chi connectivity index (χ2v) is 7.96. The molecule has 1 amide bonds. The summed E-state index contributed by atoms with van der Waals surface area (Å²) in [4.78, 5) is 15.1. The minimum Gasteiger partial charge on any atom is -0.486 e. The van der Waals surface area contributed by atoms with Crippen LogP contribution in [0.4, 0.5) is 13.2 Å². The largest absolute Gasteiger partial charge is 0.486 e. The van der Waals surface area contributed by atoms with E-state index in [1.807, 2.05) is 36.5 Å². The number of alkyl halides is 3. The summed E-state index contributed by atoms with van der Waals surface area (Å²) < 4.78 is 53.7. The molecule has 3 heterocycles. The topological polar surface area (TPSA) is 43.7 Å². The molecular weight excluding hydrogens is 421 g/mol. The van der Waals surface area contributed by atoms with Gasteiger partial charge in [-0.05, 0) is 54.4 Å². The van der Waals surface area contributed by atoms with Crippen molar-refractivity contribution in [3.8, 4) is 11.5 Å². The van der Waals surface area contributed by atoms with Gasteiger partial charge in [-0.2, -0.15) is 13.2 Å². The summed E-state index contributed by atoms with van der Waals surface area (Å²) in [7, 11) is 0. The molecule has 5 rings (SSSR count). The maximum Gasteiger partial charge on any atom is 0.416 e. The van der Waals surface area contributed by atoms with Crippen LogP contribution in [0.2, 0.25) is 0 Å². The molecular formula is C24H21F3N2O3. The Morgan fingerprint density at radius 2 is 1.78 bits per heavy atom. The molecule has 1 atom stereocenters. The highest BCUT2D eigenvalue weighted by molar-refractivity contribution is 5.95. The monoisotopic (exact) mass is 442 g/mol. The predicted molar refractivity (Wildman–Crippen MR) is 111 cm³/mol. The SMILES string of the molecule is Cc1ccc(C(=O)N2CCn3cccc3C2c2ccc3c(c2)OCCO3)cc1C(F)(F)F. The Bertz CT molecular complexity index is 1190. The molecule has 1 aromatic heterocycles. The van der Waals surface area contributed by atoms with E-state index in [4.69, 9.17) is 9.47 Å². The lowest BCUT2D eigenvalue weighted by molar-refractivity contribution is -0.138. The number of hydrogen-bond acceptors (Lipinski definition) is 3. The fourth-order valence-corrected chi connectivity index (χ4v) is 4.41. The zero-order valence-corrected chi connectivity index (χ0v) is 17.4. The van der Waals surface area contributed by atoms with E-state index in [2.05, 4.69) is 4.57 Å². The van der Waals surface area contributed by atoms with Gasteiger partial charge in [0.05, 0.1) is 11.6 Å². The van der Waals surface area contributed by atoms with Crippen LogP contribution in [0.15, 0.2) is 54.7 Å². The third kappa shape index (κ3) is 3.49. The quantitative estimate of drug-likeness (QED) is 0.571. The number of aromatic nitrogens is 1. The first kappa shape index (κ1) is 20.5. The number of hydrogen-bond donors (Lipinski definition) is 0. The van der Waals surface area contributed by atoms with Crippen molar-refractivity contribution in [2.24, 2.45) is 0 Å². The first-order chi connectivity index (χ1) is 15.3. The molecule has 1 unspecified atom stereocenters. The molecule has 0 fully saturated rings. The first-order valence-electron chi connectivity index (χ1n) is 10.4. The lowest BCUT2D eigenvalue weighted by atomic mass is 9.97. The molecule has 0 aliphatic carbocycles. The highest BCUT2D eigenvalue weighted by Gasteiger charge is 2.36. The fraction of sp³-hybridized carbons (Fsp3) is 0.292. The number of halogens is 3. The number of aryl methyl sites for hydroxylation is 1. The van der Waals surface area contributed by atoms with E-state index in [9.17, 15) is 18.0 Å². The molecule has 0 saturated carbocycles. The summed E-state index contributed by atoms with van der Waals surface area (Å²) in [6.07, 6.45) is -2.58. The molecule has 5 nitrogen and oxygen atoms in total. The Morgan fingerprint density at radius 3 is 2.56 bits per heavy atom. The molecule has 3 aromatic rings. The Kier molecular flexibility index (Phi) is 4.87. The van der Waals surface area contributed by atoms with E-state index in [-0.39, 0.29) is 11.1 Å². The molecule has 166 valence electrons. The zero-order chi connectivity index (χ0) is 22.5. The van der Waals surface area contributed by atoms with Crippen molar-refractivity contribution in [3.63, 3.8) is 0 Å². The van der Waals surface area contributed by atoms with Crippen LogP contribution in [-0.2, 0) is 12.7 Å². The van der Waals surface area contributed by atoms with E-state index >= 15 is 0 Å². The Hall–Kier alpha value is -3.42. The van der Waals surface area contributed by atoms with Gasteiger partial charge in [-0.15, -0.1) is 0 Å². The predicted octanol–water partition coefficient (Wildman–Crippen LogP) is 4.83. The van der Waals surface area contributed by atoms with Crippen molar-refractivity contribution in [3.05, 3.63) is 82.7 Å². The molecule has 8 heteroatoms. The maximum atomic E-state index is 13.5. The van der Waals surface area contributed by atoms with Gasteiger partial charge in [0.1, 0.15) is 13.2 Å². The molecule has 2 aromatic carbocycles. The van der Waals surface area contributed by atoms with Crippen LogP contribution < -0.4 is 9.47 Å². The standard InChI is InChI=1S/C24H21F3N2O3/c1-15-4-5-17(13-18(15)24(25,26)27)23(30)29-10-9-28-8-2-3-19(28)22(29)16-6-7-20-21(14-16)32-12-11-31-20/h2-8,13-14,22H,9-12H2,1H3. The summed E-state index contributed by atoms with van der Waals surface area (Å²) in [6, 6.07) is 12.7. The minimum atomic E-state index is -4.52. The fourth-order valence-electron chi connectivity index (χ4n) is 4.41. The number of rotatable bonds is 2. The molecule has 2 aliphatic rings. The number of carbonyl (C=O) groups excluding carboxylic acids is 1. The smallest absolute Gasteiger partial charge is 0.416 e. The van der Waals surface area contributed by atoms with E-state index in [0.29, 0.717) is 37.8 Å². The number of ether oxygens (including phenoxy) is 2. The van der Waals surface area contributed by atoms with Crippen LogP contribution in [0.3, 0.4) is 0 Å².